The monoisotopic (exact) mass is 348 g/mol. The molecule has 1 aromatic heterocycles. The third kappa shape index (κ3) is 3.14. The molecule has 0 bridgehead atoms. The van der Waals surface area contributed by atoms with Crippen LogP contribution in [-0.2, 0) is 10.0 Å². The molecule has 3 rings (SSSR count). The van der Waals surface area contributed by atoms with Crippen LogP contribution in [0.4, 0.5) is 5.69 Å². The summed E-state index contributed by atoms with van der Waals surface area (Å²) in [5.74, 6) is 0. The summed E-state index contributed by atoms with van der Waals surface area (Å²) in [6.07, 6.45) is 1.63. The SMILES string of the molecule is O=[N+]([O-])c1ccc(S(=O)(=O)N2CCNCC2c2ccccn2)cc1. The number of non-ortho nitro benzene ring substituents is 1. The van der Waals surface area contributed by atoms with Gasteiger partial charge in [0, 0.05) is 38.0 Å². The van der Waals surface area contributed by atoms with Gasteiger partial charge in [0.1, 0.15) is 0 Å². The summed E-state index contributed by atoms with van der Waals surface area (Å²) < 4.78 is 27.3. The lowest BCUT2D eigenvalue weighted by atomic mass is 10.1. The largest absolute Gasteiger partial charge is 0.313 e. The van der Waals surface area contributed by atoms with Crippen molar-refractivity contribution in [1.29, 1.82) is 0 Å². The van der Waals surface area contributed by atoms with E-state index in [2.05, 4.69) is 10.3 Å². The Kier molecular flexibility index (Phi) is 4.56. The van der Waals surface area contributed by atoms with Crippen LogP contribution in [0.3, 0.4) is 0 Å². The first-order valence-electron chi connectivity index (χ1n) is 7.38. The van der Waals surface area contributed by atoms with Gasteiger partial charge in [-0.3, -0.25) is 15.1 Å². The van der Waals surface area contributed by atoms with Gasteiger partial charge in [-0.15, -0.1) is 0 Å². The molecule has 1 saturated heterocycles. The zero-order chi connectivity index (χ0) is 17.2. The molecule has 24 heavy (non-hydrogen) atoms. The van der Waals surface area contributed by atoms with E-state index >= 15 is 0 Å². The van der Waals surface area contributed by atoms with Crippen molar-refractivity contribution in [3.63, 3.8) is 0 Å². The van der Waals surface area contributed by atoms with Crippen LogP contribution in [0.1, 0.15) is 11.7 Å². The summed E-state index contributed by atoms with van der Waals surface area (Å²) in [5, 5.41) is 13.9. The topological polar surface area (TPSA) is 105 Å². The molecule has 2 aromatic rings. The van der Waals surface area contributed by atoms with Gasteiger partial charge >= 0.3 is 0 Å². The van der Waals surface area contributed by atoms with Crippen molar-refractivity contribution in [2.75, 3.05) is 19.6 Å². The minimum absolute atomic E-state index is 0.0379. The van der Waals surface area contributed by atoms with Crippen molar-refractivity contribution >= 4 is 15.7 Å². The third-order valence-corrected chi connectivity index (χ3v) is 5.80. The number of nitro groups is 1. The first-order valence-corrected chi connectivity index (χ1v) is 8.82. The highest BCUT2D eigenvalue weighted by Gasteiger charge is 2.35. The maximum atomic E-state index is 13.0. The molecule has 0 radical (unpaired) electrons. The van der Waals surface area contributed by atoms with E-state index in [0.717, 1.165) is 0 Å². The lowest BCUT2D eigenvalue weighted by Crippen LogP contribution is -2.48. The molecule has 2 heterocycles. The van der Waals surface area contributed by atoms with E-state index in [9.17, 15) is 18.5 Å². The second-order valence-corrected chi connectivity index (χ2v) is 7.23. The van der Waals surface area contributed by atoms with Crippen LogP contribution in [0.15, 0.2) is 53.6 Å². The molecule has 0 aliphatic carbocycles. The van der Waals surface area contributed by atoms with Gasteiger partial charge in [-0.05, 0) is 24.3 Å². The van der Waals surface area contributed by atoms with Gasteiger partial charge in [0.2, 0.25) is 10.0 Å². The van der Waals surface area contributed by atoms with Gasteiger partial charge in [0.05, 0.1) is 21.6 Å². The summed E-state index contributed by atoms with van der Waals surface area (Å²) in [6.45, 7) is 1.30. The van der Waals surface area contributed by atoms with Crippen molar-refractivity contribution in [3.8, 4) is 0 Å². The van der Waals surface area contributed by atoms with Crippen molar-refractivity contribution < 1.29 is 13.3 Å². The maximum absolute atomic E-state index is 13.0. The number of hydrogen-bond donors (Lipinski definition) is 1. The summed E-state index contributed by atoms with van der Waals surface area (Å²) in [6, 6.07) is 9.89. The number of nitrogens with zero attached hydrogens (tertiary/aromatic N) is 3. The Bertz CT molecular complexity index is 824. The highest BCUT2D eigenvalue weighted by atomic mass is 32.2. The van der Waals surface area contributed by atoms with Gasteiger partial charge in [-0.2, -0.15) is 4.31 Å². The van der Waals surface area contributed by atoms with Crippen LogP contribution in [0.25, 0.3) is 0 Å². The molecular formula is C15H16N4O4S. The van der Waals surface area contributed by atoms with Crippen molar-refractivity contribution in [2.45, 2.75) is 10.9 Å². The predicted molar refractivity (Wildman–Crippen MR) is 86.8 cm³/mol. The van der Waals surface area contributed by atoms with Crippen LogP contribution >= 0.6 is 0 Å². The zero-order valence-corrected chi connectivity index (χ0v) is 13.5. The summed E-state index contributed by atoms with van der Waals surface area (Å²) in [5.41, 5.74) is 0.519. The second-order valence-electron chi connectivity index (χ2n) is 5.34. The standard InChI is InChI=1S/C15H16N4O4S/c20-19(21)12-4-6-13(7-5-12)24(22,23)18-10-9-16-11-15(18)14-3-1-2-8-17-14/h1-8,15-16H,9-11H2. The Morgan fingerprint density at radius 2 is 1.96 bits per heavy atom. The van der Waals surface area contributed by atoms with Crippen LogP contribution in [0, 0.1) is 10.1 Å². The number of nitrogens with one attached hydrogen (secondary N) is 1. The van der Waals surface area contributed by atoms with E-state index in [0.29, 0.717) is 25.3 Å². The van der Waals surface area contributed by atoms with Crippen LogP contribution in [0.2, 0.25) is 0 Å². The molecule has 1 fully saturated rings. The molecule has 0 amide bonds. The number of nitro benzene ring substituents is 1. The van der Waals surface area contributed by atoms with Gasteiger partial charge in [-0.25, -0.2) is 8.42 Å². The lowest BCUT2D eigenvalue weighted by molar-refractivity contribution is -0.384. The van der Waals surface area contributed by atoms with Gasteiger partial charge in [0.25, 0.3) is 5.69 Å². The van der Waals surface area contributed by atoms with Crippen LogP contribution in [-0.4, -0.2) is 42.3 Å². The highest BCUT2D eigenvalue weighted by molar-refractivity contribution is 7.89. The minimum atomic E-state index is -3.77. The van der Waals surface area contributed by atoms with Gasteiger partial charge < -0.3 is 5.32 Å². The van der Waals surface area contributed by atoms with E-state index in [1.807, 2.05) is 6.07 Å². The quantitative estimate of drug-likeness (QED) is 0.660. The number of pyridine rings is 1. The smallest absolute Gasteiger partial charge is 0.269 e. The normalized spacial score (nSPS) is 19.1. The summed E-state index contributed by atoms with van der Waals surface area (Å²) in [4.78, 5) is 14.5. The first kappa shape index (κ1) is 16.5. The third-order valence-electron chi connectivity index (χ3n) is 3.88. The van der Waals surface area contributed by atoms with Gasteiger partial charge in [-0.1, -0.05) is 6.07 Å². The molecule has 1 N–H and O–H groups in total. The Morgan fingerprint density at radius 3 is 2.58 bits per heavy atom. The van der Waals surface area contributed by atoms with E-state index < -0.39 is 21.0 Å². The van der Waals surface area contributed by atoms with Crippen LogP contribution < -0.4 is 5.32 Å². The van der Waals surface area contributed by atoms with Crippen molar-refractivity contribution in [1.82, 2.24) is 14.6 Å². The molecule has 1 aromatic carbocycles. The average Bonchev–Trinajstić information content (AvgIpc) is 2.62. The average molecular weight is 348 g/mol. The van der Waals surface area contributed by atoms with Gasteiger partial charge in [0.15, 0.2) is 0 Å². The minimum Gasteiger partial charge on any atom is -0.313 e. The molecular weight excluding hydrogens is 332 g/mol. The Labute approximate surface area is 139 Å². The van der Waals surface area contributed by atoms with Crippen molar-refractivity contribution in [2.24, 2.45) is 0 Å². The number of hydrogen-bond acceptors (Lipinski definition) is 6. The Balaban J connectivity index is 1.95. The number of aromatic nitrogens is 1. The molecule has 1 atom stereocenters. The fourth-order valence-corrected chi connectivity index (χ4v) is 4.27. The van der Waals surface area contributed by atoms with Crippen molar-refractivity contribution in [3.05, 3.63) is 64.5 Å². The molecule has 1 aliphatic heterocycles. The second kappa shape index (κ2) is 6.63. The summed E-state index contributed by atoms with van der Waals surface area (Å²) in [7, 11) is -3.77. The van der Waals surface area contributed by atoms with E-state index in [1.54, 1.807) is 18.3 Å². The fraction of sp³-hybridized carbons (Fsp3) is 0.267. The summed E-state index contributed by atoms with van der Waals surface area (Å²) >= 11 is 0. The first-order chi connectivity index (χ1) is 11.5. The number of rotatable bonds is 4. The van der Waals surface area contributed by atoms with E-state index in [1.165, 1.54) is 28.6 Å². The number of sulfonamides is 1. The maximum Gasteiger partial charge on any atom is 0.269 e. The number of piperazine rings is 1. The Morgan fingerprint density at radius 1 is 1.21 bits per heavy atom. The predicted octanol–water partition coefficient (Wildman–Crippen LogP) is 1.32. The lowest BCUT2D eigenvalue weighted by Gasteiger charge is -2.34. The Hall–Kier alpha value is -2.36. The molecule has 0 saturated carbocycles. The molecule has 0 spiro atoms. The fourth-order valence-electron chi connectivity index (χ4n) is 2.67. The molecule has 9 heteroatoms. The molecule has 1 aliphatic rings. The van der Waals surface area contributed by atoms with E-state index in [4.69, 9.17) is 0 Å². The highest BCUT2D eigenvalue weighted by Crippen LogP contribution is 2.28. The van der Waals surface area contributed by atoms with E-state index in [-0.39, 0.29) is 10.6 Å². The zero-order valence-electron chi connectivity index (χ0n) is 12.7. The molecule has 1 unspecified atom stereocenters. The van der Waals surface area contributed by atoms with Crippen LogP contribution in [0.5, 0.6) is 0 Å². The number of benzene rings is 1. The molecule has 126 valence electrons. The molecule has 8 nitrogen and oxygen atoms in total.